The zero-order chi connectivity index (χ0) is 77.3. The highest BCUT2D eigenvalue weighted by Gasteiger charge is 2.45. The lowest BCUT2D eigenvalue weighted by molar-refractivity contribution is 0.0541. The van der Waals surface area contributed by atoms with E-state index >= 15 is 0 Å². The molecule has 0 heteroatoms. The molecule has 6 aliphatic carbocycles. The van der Waals surface area contributed by atoms with Crippen LogP contribution in [0.25, 0.3) is 0 Å². The first-order valence-electron chi connectivity index (χ1n) is 46.0. The molecule has 6 saturated carbocycles. The summed E-state index contributed by atoms with van der Waals surface area (Å²) in [6.45, 7) is 40.4. The Balaban J connectivity index is 0.000000166. The van der Waals surface area contributed by atoms with Gasteiger partial charge < -0.3 is 0 Å². The van der Waals surface area contributed by atoms with Gasteiger partial charge in [-0.3, -0.25) is 0 Å². The van der Waals surface area contributed by atoms with Gasteiger partial charge in [-0.1, -0.05) is 447 Å². The topological polar surface area (TPSA) is 0 Å². The molecule has 0 bridgehead atoms. The number of benzene rings is 6. The monoisotopic (exact) mass is 1460 g/mol. The summed E-state index contributed by atoms with van der Waals surface area (Å²) in [5.74, 6) is 8.72. The molecular weight excluding hydrogens is 1300 g/mol. The first-order chi connectivity index (χ1) is 51.6. The maximum Gasteiger partial charge on any atom is -0.00644 e. The molecule has 0 heterocycles. The SMILES string of the molecule is CC(CC(C)(CC(C)(C)C1CCCCC1)c1ccccc1)C1CCCCC1.CC(CC(C)(CC(C)(C)c1ccccc1)C1CCCCC1)C1CCCCC1.CC(CC(C)(CC(C)(C)c1ccccc1)C1CCCCC1)c1ccccc1.CC(CC(C)(CC(C)(C)c1ccccc1)c1ccccc1)C1CCCCC1. The summed E-state index contributed by atoms with van der Waals surface area (Å²) in [7, 11) is 0. The van der Waals surface area contributed by atoms with Crippen molar-refractivity contribution in [3.8, 4) is 0 Å². The van der Waals surface area contributed by atoms with Crippen LogP contribution >= 0.6 is 0 Å². The van der Waals surface area contributed by atoms with E-state index in [9.17, 15) is 0 Å². The van der Waals surface area contributed by atoms with Gasteiger partial charge in [0.15, 0.2) is 0 Å². The van der Waals surface area contributed by atoms with Crippen molar-refractivity contribution in [3.63, 3.8) is 0 Å². The van der Waals surface area contributed by atoms with E-state index in [0.29, 0.717) is 27.6 Å². The van der Waals surface area contributed by atoms with E-state index < -0.39 is 0 Å². The molecular formula is C108H164. The fourth-order valence-corrected chi connectivity index (χ4v) is 25.0. The van der Waals surface area contributed by atoms with Crippen molar-refractivity contribution >= 4 is 0 Å². The van der Waals surface area contributed by atoms with Crippen molar-refractivity contribution in [2.75, 3.05) is 0 Å². The molecule has 6 aromatic carbocycles. The van der Waals surface area contributed by atoms with E-state index in [1.807, 2.05) is 0 Å². The van der Waals surface area contributed by atoms with Crippen molar-refractivity contribution in [1.82, 2.24) is 0 Å². The molecule has 12 rings (SSSR count). The highest BCUT2D eigenvalue weighted by Crippen LogP contribution is 2.55. The predicted molar refractivity (Wildman–Crippen MR) is 475 cm³/mol. The molecule has 0 aliphatic heterocycles. The Labute approximate surface area is 668 Å². The highest BCUT2D eigenvalue weighted by molar-refractivity contribution is 5.32. The Morgan fingerprint density at radius 2 is 0.481 bits per heavy atom. The molecule has 8 unspecified atom stereocenters. The normalized spacial score (nSPS) is 21.6. The average Bonchev–Trinajstić information content (AvgIpc) is 0.804. The van der Waals surface area contributed by atoms with Crippen LogP contribution in [0.3, 0.4) is 0 Å². The summed E-state index contributed by atoms with van der Waals surface area (Å²) in [4.78, 5) is 0. The molecule has 0 saturated heterocycles. The van der Waals surface area contributed by atoms with Gasteiger partial charge in [0, 0.05) is 0 Å². The Bertz CT molecular complexity index is 3360. The number of rotatable bonds is 28. The average molecular weight is 1460 g/mol. The van der Waals surface area contributed by atoms with Crippen molar-refractivity contribution < 1.29 is 0 Å². The minimum atomic E-state index is 0.165. The number of hydrogen-bond donors (Lipinski definition) is 0. The summed E-state index contributed by atoms with van der Waals surface area (Å²) in [6, 6.07) is 67.5. The fraction of sp³-hybridized carbons (Fsp3) is 0.667. The van der Waals surface area contributed by atoms with Crippen LogP contribution in [-0.2, 0) is 27.1 Å². The van der Waals surface area contributed by atoms with Crippen LogP contribution in [0, 0.1) is 69.5 Å². The van der Waals surface area contributed by atoms with Gasteiger partial charge in [0.05, 0.1) is 0 Å². The summed E-state index contributed by atoms with van der Waals surface area (Å²) in [5.41, 5.74) is 11.5. The minimum Gasteiger partial charge on any atom is -0.0622 e. The van der Waals surface area contributed by atoms with E-state index in [0.717, 1.165) is 53.3 Å². The third-order valence-corrected chi connectivity index (χ3v) is 30.7. The smallest absolute Gasteiger partial charge is 0.00644 e. The second-order valence-electron chi connectivity index (χ2n) is 41.9. The van der Waals surface area contributed by atoms with Crippen LogP contribution in [0.5, 0.6) is 0 Å². The lowest BCUT2D eigenvalue weighted by Crippen LogP contribution is -2.38. The molecule has 596 valence electrons. The van der Waals surface area contributed by atoms with Crippen molar-refractivity contribution in [2.45, 2.75) is 388 Å². The summed E-state index contributed by atoms with van der Waals surface area (Å²) in [6.07, 6.45) is 54.2. The zero-order valence-corrected chi connectivity index (χ0v) is 73.0. The third-order valence-electron chi connectivity index (χ3n) is 30.7. The van der Waals surface area contributed by atoms with E-state index in [-0.39, 0.29) is 21.7 Å². The van der Waals surface area contributed by atoms with Gasteiger partial charge in [-0.15, -0.1) is 0 Å². The molecule has 8 atom stereocenters. The van der Waals surface area contributed by atoms with E-state index in [2.05, 4.69) is 293 Å². The van der Waals surface area contributed by atoms with Gasteiger partial charge in [0.25, 0.3) is 0 Å². The van der Waals surface area contributed by atoms with Gasteiger partial charge in [0.1, 0.15) is 0 Å². The van der Waals surface area contributed by atoms with E-state index in [1.54, 1.807) is 5.56 Å². The lowest BCUT2D eigenvalue weighted by atomic mass is 9.58. The minimum absolute atomic E-state index is 0.165. The second kappa shape index (κ2) is 41.4. The summed E-state index contributed by atoms with van der Waals surface area (Å²) in [5, 5.41) is 0. The van der Waals surface area contributed by atoms with Crippen molar-refractivity contribution in [2.24, 2.45) is 69.5 Å². The van der Waals surface area contributed by atoms with E-state index in [4.69, 9.17) is 0 Å². The largest absolute Gasteiger partial charge is 0.0622 e. The molecule has 0 nitrogen and oxygen atoms in total. The Kier molecular flexibility index (Phi) is 33.4. The molecule has 6 aliphatic rings. The first-order valence-corrected chi connectivity index (χ1v) is 46.0. The van der Waals surface area contributed by atoms with Crippen LogP contribution in [0.2, 0.25) is 0 Å². The molecule has 6 fully saturated rings. The third kappa shape index (κ3) is 25.7. The van der Waals surface area contributed by atoms with Crippen LogP contribution in [-0.4, -0.2) is 0 Å². The summed E-state index contributed by atoms with van der Waals surface area (Å²) >= 11 is 0. The van der Waals surface area contributed by atoms with Crippen LogP contribution in [0.1, 0.15) is 394 Å². The zero-order valence-electron chi connectivity index (χ0n) is 73.0. The molecule has 108 heavy (non-hydrogen) atoms. The van der Waals surface area contributed by atoms with Gasteiger partial charge in [0.2, 0.25) is 0 Å². The summed E-state index contributed by atoms with van der Waals surface area (Å²) < 4.78 is 0. The van der Waals surface area contributed by atoms with Gasteiger partial charge >= 0.3 is 0 Å². The lowest BCUT2D eigenvalue weighted by Gasteiger charge is -2.47. The van der Waals surface area contributed by atoms with E-state index in [1.165, 1.54) is 272 Å². The van der Waals surface area contributed by atoms with Gasteiger partial charge in [-0.2, -0.15) is 0 Å². The number of hydrogen-bond acceptors (Lipinski definition) is 0. The molecule has 0 N–H and O–H groups in total. The van der Waals surface area contributed by atoms with Crippen molar-refractivity contribution in [1.29, 1.82) is 0 Å². The van der Waals surface area contributed by atoms with Crippen LogP contribution in [0.15, 0.2) is 182 Å². The molecule has 0 amide bonds. The standard InChI is InChI=1S/2C27H44.2C27H38/c4*1-22(23-14-8-5-9-15-23)20-27(4,25-18-12-7-13-19-25)21-26(2,3)24-16-10-6-11-17-24/h7,12-13,18-19,22-24H,5-6,8-11,14-17,20-21H2,1-4H3;6,10-11,16-17,22-23,25H,5,7-9,12-15,18-21H2,1-4H3;6-7,10-13,16-19,22-23H,5,8-9,14-15,20-21H2,1-4H3;5-6,8-11,14-17,22,25H,7,12-13,18-21H2,1-4H3. The Morgan fingerprint density at radius 3 is 0.796 bits per heavy atom. The Morgan fingerprint density at radius 1 is 0.241 bits per heavy atom. The first kappa shape index (κ1) is 87.3. The predicted octanol–water partition coefficient (Wildman–Crippen LogP) is 33.1. The highest BCUT2D eigenvalue weighted by atomic mass is 14.5. The van der Waals surface area contributed by atoms with Crippen LogP contribution in [0.4, 0.5) is 0 Å². The van der Waals surface area contributed by atoms with Crippen molar-refractivity contribution in [3.05, 3.63) is 215 Å². The second-order valence-corrected chi connectivity index (χ2v) is 41.9. The molecule has 6 aromatic rings. The van der Waals surface area contributed by atoms with Gasteiger partial charge in [-0.05, 0) is 226 Å². The fourth-order valence-electron chi connectivity index (χ4n) is 25.0. The maximum atomic E-state index is 2.67. The maximum absolute atomic E-state index is 2.67. The van der Waals surface area contributed by atoms with Gasteiger partial charge in [-0.25, -0.2) is 0 Å². The Hall–Kier alpha value is -4.68. The molecule has 0 spiro atoms. The van der Waals surface area contributed by atoms with Crippen LogP contribution < -0.4 is 0 Å². The molecule has 0 radical (unpaired) electrons. The quantitative estimate of drug-likeness (QED) is 0.0459. The molecule has 0 aromatic heterocycles.